The monoisotopic (exact) mass is 202 g/mol. The number of hydrogen-bond acceptors (Lipinski definition) is 3. The summed E-state index contributed by atoms with van der Waals surface area (Å²) in [6.07, 6.45) is 1.68. The van der Waals surface area contributed by atoms with Crippen molar-refractivity contribution in [2.45, 2.75) is 20.0 Å². The van der Waals surface area contributed by atoms with Crippen LogP contribution in [0.1, 0.15) is 17.1 Å². The van der Waals surface area contributed by atoms with Crippen LogP contribution < -0.4 is 5.32 Å². The summed E-state index contributed by atoms with van der Waals surface area (Å²) in [5, 5.41) is 3.28. The van der Waals surface area contributed by atoms with Crippen molar-refractivity contribution < 1.29 is 4.42 Å². The van der Waals surface area contributed by atoms with E-state index in [1.165, 1.54) is 0 Å². The number of pyridine rings is 1. The van der Waals surface area contributed by atoms with Gasteiger partial charge in [-0.3, -0.25) is 4.98 Å². The van der Waals surface area contributed by atoms with Gasteiger partial charge in [0.15, 0.2) is 0 Å². The van der Waals surface area contributed by atoms with Crippen molar-refractivity contribution in [3.63, 3.8) is 0 Å². The second kappa shape index (κ2) is 4.75. The Bertz CT molecular complexity index is 409. The molecule has 0 saturated carbocycles. The molecule has 0 saturated heterocycles. The number of hydrogen-bond donors (Lipinski definition) is 1. The lowest BCUT2D eigenvalue weighted by molar-refractivity contribution is 0.481. The molecule has 15 heavy (non-hydrogen) atoms. The normalized spacial score (nSPS) is 10.5. The second-order valence-electron chi connectivity index (χ2n) is 3.45. The molecular formula is C12H14N2O. The van der Waals surface area contributed by atoms with Gasteiger partial charge in [0.2, 0.25) is 0 Å². The highest BCUT2D eigenvalue weighted by Gasteiger charge is 1.96. The molecule has 1 N–H and O–H groups in total. The predicted molar refractivity (Wildman–Crippen MR) is 58.2 cm³/mol. The van der Waals surface area contributed by atoms with Gasteiger partial charge in [0, 0.05) is 12.2 Å². The molecular weight excluding hydrogens is 188 g/mol. The molecule has 0 atom stereocenters. The van der Waals surface area contributed by atoms with Crippen molar-refractivity contribution in [1.82, 2.24) is 10.3 Å². The molecule has 0 aliphatic heterocycles. The molecule has 0 amide bonds. The van der Waals surface area contributed by atoms with Crippen LogP contribution in [0.3, 0.4) is 0 Å². The van der Waals surface area contributed by atoms with E-state index in [1.807, 2.05) is 37.3 Å². The lowest BCUT2D eigenvalue weighted by atomic mass is 10.3. The summed E-state index contributed by atoms with van der Waals surface area (Å²) in [6.45, 7) is 3.50. The number of furan rings is 1. The van der Waals surface area contributed by atoms with E-state index in [2.05, 4.69) is 10.3 Å². The van der Waals surface area contributed by atoms with Crippen LogP contribution in [-0.4, -0.2) is 4.98 Å². The Morgan fingerprint density at radius 3 is 2.87 bits per heavy atom. The summed E-state index contributed by atoms with van der Waals surface area (Å²) in [7, 11) is 0. The Kier molecular flexibility index (Phi) is 3.15. The first-order chi connectivity index (χ1) is 7.34. The van der Waals surface area contributed by atoms with Gasteiger partial charge in [-0.2, -0.15) is 0 Å². The minimum absolute atomic E-state index is 0.739. The Hall–Kier alpha value is -1.61. The summed E-state index contributed by atoms with van der Waals surface area (Å²) >= 11 is 0. The van der Waals surface area contributed by atoms with Crippen LogP contribution >= 0.6 is 0 Å². The smallest absolute Gasteiger partial charge is 0.117 e. The van der Waals surface area contributed by atoms with Crippen molar-refractivity contribution in [3.8, 4) is 0 Å². The Labute approximate surface area is 89.1 Å². The van der Waals surface area contributed by atoms with Gasteiger partial charge in [-0.25, -0.2) is 0 Å². The zero-order chi connectivity index (χ0) is 10.5. The molecule has 0 fully saturated rings. The third kappa shape index (κ3) is 2.92. The summed E-state index contributed by atoms with van der Waals surface area (Å²) in [5.74, 6) is 0.947. The van der Waals surface area contributed by atoms with Crippen LogP contribution in [0.2, 0.25) is 0 Å². The first-order valence-electron chi connectivity index (χ1n) is 5.00. The number of aromatic nitrogens is 1. The minimum Gasteiger partial charge on any atom is -0.468 e. The van der Waals surface area contributed by atoms with E-state index in [1.54, 1.807) is 6.26 Å². The SMILES string of the molecule is Cc1cccc(CNCc2ccco2)n1. The minimum atomic E-state index is 0.739. The third-order valence-electron chi connectivity index (χ3n) is 2.13. The Morgan fingerprint density at radius 2 is 2.13 bits per heavy atom. The molecule has 78 valence electrons. The van der Waals surface area contributed by atoms with Gasteiger partial charge in [0.1, 0.15) is 5.76 Å². The van der Waals surface area contributed by atoms with Gasteiger partial charge < -0.3 is 9.73 Å². The van der Waals surface area contributed by atoms with E-state index < -0.39 is 0 Å². The second-order valence-corrected chi connectivity index (χ2v) is 3.45. The van der Waals surface area contributed by atoms with Crippen LogP contribution in [0.25, 0.3) is 0 Å². The molecule has 0 spiro atoms. The molecule has 0 aromatic carbocycles. The third-order valence-corrected chi connectivity index (χ3v) is 2.13. The molecule has 3 nitrogen and oxygen atoms in total. The van der Waals surface area contributed by atoms with E-state index in [-0.39, 0.29) is 0 Å². The van der Waals surface area contributed by atoms with Gasteiger partial charge in [0.25, 0.3) is 0 Å². The zero-order valence-corrected chi connectivity index (χ0v) is 8.73. The maximum atomic E-state index is 5.21. The van der Waals surface area contributed by atoms with E-state index >= 15 is 0 Å². The number of nitrogens with one attached hydrogen (secondary N) is 1. The number of nitrogens with zero attached hydrogens (tertiary/aromatic N) is 1. The Balaban J connectivity index is 1.83. The maximum absolute atomic E-state index is 5.21. The lowest BCUT2D eigenvalue weighted by Gasteiger charge is -2.02. The van der Waals surface area contributed by atoms with Gasteiger partial charge in [-0.05, 0) is 31.2 Å². The summed E-state index contributed by atoms with van der Waals surface area (Å²) in [4.78, 5) is 4.40. The predicted octanol–water partition coefficient (Wildman–Crippen LogP) is 2.27. The largest absolute Gasteiger partial charge is 0.468 e. The highest BCUT2D eigenvalue weighted by Crippen LogP contribution is 2.01. The van der Waals surface area contributed by atoms with Gasteiger partial charge in [-0.1, -0.05) is 6.07 Å². The highest BCUT2D eigenvalue weighted by atomic mass is 16.3. The first kappa shape index (κ1) is 9.93. The fourth-order valence-electron chi connectivity index (χ4n) is 1.42. The van der Waals surface area contributed by atoms with Crippen molar-refractivity contribution in [1.29, 1.82) is 0 Å². The van der Waals surface area contributed by atoms with E-state index in [9.17, 15) is 0 Å². The van der Waals surface area contributed by atoms with Crippen molar-refractivity contribution >= 4 is 0 Å². The molecule has 0 aliphatic rings. The highest BCUT2D eigenvalue weighted by molar-refractivity contribution is 5.09. The van der Waals surface area contributed by atoms with Crippen molar-refractivity contribution in [2.75, 3.05) is 0 Å². The molecule has 0 bridgehead atoms. The van der Waals surface area contributed by atoms with E-state index in [4.69, 9.17) is 4.42 Å². The zero-order valence-electron chi connectivity index (χ0n) is 8.73. The van der Waals surface area contributed by atoms with Crippen LogP contribution in [0, 0.1) is 6.92 Å². The number of aryl methyl sites for hydroxylation is 1. The van der Waals surface area contributed by atoms with Crippen LogP contribution in [-0.2, 0) is 13.1 Å². The number of rotatable bonds is 4. The van der Waals surface area contributed by atoms with Crippen molar-refractivity contribution in [2.24, 2.45) is 0 Å². The standard InChI is InChI=1S/C12H14N2O/c1-10-4-2-5-11(14-10)8-13-9-12-6-3-7-15-12/h2-7,13H,8-9H2,1H3. The van der Waals surface area contributed by atoms with Crippen molar-refractivity contribution in [3.05, 3.63) is 53.7 Å². The molecule has 0 aliphatic carbocycles. The fraction of sp³-hybridized carbons (Fsp3) is 0.250. The average molecular weight is 202 g/mol. The molecule has 2 aromatic heterocycles. The molecule has 3 heteroatoms. The molecule has 2 rings (SSSR count). The quantitative estimate of drug-likeness (QED) is 0.826. The van der Waals surface area contributed by atoms with Gasteiger partial charge >= 0.3 is 0 Å². The molecule has 2 aromatic rings. The fourth-order valence-corrected chi connectivity index (χ4v) is 1.42. The van der Waals surface area contributed by atoms with Gasteiger partial charge in [0.05, 0.1) is 18.5 Å². The molecule has 0 unspecified atom stereocenters. The van der Waals surface area contributed by atoms with Gasteiger partial charge in [-0.15, -0.1) is 0 Å². The maximum Gasteiger partial charge on any atom is 0.117 e. The van der Waals surface area contributed by atoms with E-state index in [0.717, 1.165) is 30.2 Å². The first-order valence-corrected chi connectivity index (χ1v) is 5.00. The summed E-state index contributed by atoms with van der Waals surface area (Å²) in [5.41, 5.74) is 2.11. The summed E-state index contributed by atoms with van der Waals surface area (Å²) < 4.78 is 5.21. The summed E-state index contributed by atoms with van der Waals surface area (Å²) in [6, 6.07) is 9.88. The Morgan fingerprint density at radius 1 is 1.20 bits per heavy atom. The van der Waals surface area contributed by atoms with Crippen LogP contribution in [0.15, 0.2) is 41.0 Å². The average Bonchev–Trinajstić information content (AvgIpc) is 2.71. The van der Waals surface area contributed by atoms with E-state index in [0.29, 0.717) is 0 Å². The lowest BCUT2D eigenvalue weighted by Crippen LogP contribution is -2.13. The molecule has 0 radical (unpaired) electrons. The van der Waals surface area contributed by atoms with Crippen LogP contribution in [0.5, 0.6) is 0 Å². The van der Waals surface area contributed by atoms with Crippen LogP contribution in [0.4, 0.5) is 0 Å². The topological polar surface area (TPSA) is 38.1 Å². The molecule has 2 heterocycles.